The highest BCUT2D eigenvalue weighted by Crippen LogP contribution is 2.26. The molecule has 6 nitrogen and oxygen atoms in total. The number of aromatic nitrogens is 5. The van der Waals surface area contributed by atoms with Crippen LogP contribution in [0.4, 0.5) is 11.4 Å². The Bertz CT molecular complexity index is 1280. The predicted octanol–water partition coefficient (Wildman–Crippen LogP) is 5.48. The number of aromatic amines is 1. The Labute approximate surface area is 171 Å². The monoisotopic (exact) mass is 398 g/mol. The molecule has 0 aliphatic rings. The number of fused-ring (bicyclic) bond motifs is 1. The molecule has 0 aliphatic carbocycles. The van der Waals surface area contributed by atoms with Crippen molar-refractivity contribution >= 4 is 34.0 Å². The van der Waals surface area contributed by atoms with Crippen molar-refractivity contribution in [2.45, 2.75) is 0 Å². The molecule has 3 heterocycles. The van der Waals surface area contributed by atoms with Gasteiger partial charge in [0.25, 0.3) is 0 Å². The van der Waals surface area contributed by atoms with Crippen LogP contribution in [0.1, 0.15) is 0 Å². The summed E-state index contributed by atoms with van der Waals surface area (Å²) in [6.45, 7) is 0. The lowest BCUT2D eigenvalue weighted by atomic mass is 10.1. The number of nitrogens with one attached hydrogen (secondary N) is 2. The van der Waals surface area contributed by atoms with Crippen molar-refractivity contribution in [3.05, 3.63) is 84.5 Å². The van der Waals surface area contributed by atoms with E-state index < -0.39 is 0 Å². The number of benzene rings is 2. The third-order valence-corrected chi connectivity index (χ3v) is 4.73. The van der Waals surface area contributed by atoms with Gasteiger partial charge in [0, 0.05) is 34.8 Å². The zero-order valence-electron chi connectivity index (χ0n) is 15.2. The molecular formula is C22H15ClN6. The number of imidazole rings is 1. The van der Waals surface area contributed by atoms with E-state index in [0.29, 0.717) is 5.15 Å². The van der Waals surface area contributed by atoms with E-state index >= 15 is 0 Å². The van der Waals surface area contributed by atoms with Crippen LogP contribution in [0.15, 0.2) is 79.4 Å². The molecule has 0 radical (unpaired) electrons. The quantitative estimate of drug-likeness (QED) is 0.392. The molecule has 140 valence electrons. The first-order chi connectivity index (χ1) is 14.2. The zero-order chi connectivity index (χ0) is 19.6. The van der Waals surface area contributed by atoms with E-state index in [4.69, 9.17) is 11.6 Å². The molecule has 0 saturated heterocycles. The zero-order valence-corrected chi connectivity index (χ0v) is 15.9. The van der Waals surface area contributed by atoms with E-state index in [1.54, 1.807) is 24.8 Å². The predicted molar refractivity (Wildman–Crippen MR) is 115 cm³/mol. The summed E-state index contributed by atoms with van der Waals surface area (Å²) in [5, 5.41) is 3.87. The maximum absolute atomic E-state index is 5.96. The Morgan fingerprint density at radius 2 is 1.76 bits per heavy atom. The molecular weight excluding hydrogens is 384 g/mol. The molecule has 0 aliphatic heterocycles. The number of pyridine rings is 1. The van der Waals surface area contributed by atoms with E-state index in [2.05, 4.69) is 30.2 Å². The molecule has 0 unspecified atom stereocenters. The van der Waals surface area contributed by atoms with Crippen molar-refractivity contribution in [2.75, 3.05) is 5.32 Å². The minimum Gasteiger partial charge on any atom is -0.356 e. The van der Waals surface area contributed by atoms with E-state index in [-0.39, 0.29) is 0 Å². The number of nitrogens with zero attached hydrogens (tertiary/aromatic N) is 4. The average molecular weight is 399 g/mol. The fraction of sp³-hybridized carbons (Fsp3) is 0. The van der Waals surface area contributed by atoms with Crippen molar-refractivity contribution < 1.29 is 0 Å². The molecule has 3 aromatic heterocycles. The topological polar surface area (TPSA) is 79.4 Å². The summed E-state index contributed by atoms with van der Waals surface area (Å²) in [6, 6.07) is 19.8. The van der Waals surface area contributed by atoms with Crippen molar-refractivity contribution in [3.63, 3.8) is 0 Å². The summed E-state index contributed by atoms with van der Waals surface area (Å²) in [5.74, 6) is 0.770. The number of hydrogen-bond acceptors (Lipinski definition) is 5. The summed E-state index contributed by atoms with van der Waals surface area (Å²) in [5.41, 5.74) is 6.50. The molecule has 0 saturated carbocycles. The van der Waals surface area contributed by atoms with Gasteiger partial charge in [-0.15, -0.1) is 0 Å². The first-order valence-electron chi connectivity index (χ1n) is 9.00. The highest BCUT2D eigenvalue weighted by Gasteiger charge is 2.07. The molecule has 0 spiro atoms. The van der Waals surface area contributed by atoms with Gasteiger partial charge < -0.3 is 10.3 Å². The first-order valence-corrected chi connectivity index (χ1v) is 9.37. The average Bonchev–Trinajstić information content (AvgIpc) is 3.18. The third kappa shape index (κ3) is 3.66. The number of anilines is 2. The van der Waals surface area contributed by atoms with Gasteiger partial charge in [-0.25, -0.2) is 19.9 Å². The lowest BCUT2D eigenvalue weighted by molar-refractivity contribution is 1.17. The highest BCUT2D eigenvalue weighted by atomic mass is 35.5. The minimum absolute atomic E-state index is 0.438. The summed E-state index contributed by atoms with van der Waals surface area (Å²) < 4.78 is 0. The standard InChI is InChI=1S/C22H15ClN6/c23-21-11-19-20(12-25-21)29-22(28-19)15-2-1-3-17(10-15)27-16-6-4-14(5-7-16)18-8-9-24-13-26-18/h1-13,27H,(H,28,29). The third-order valence-electron chi connectivity index (χ3n) is 4.52. The Morgan fingerprint density at radius 3 is 2.59 bits per heavy atom. The van der Waals surface area contributed by atoms with Crippen LogP contribution >= 0.6 is 11.6 Å². The van der Waals surface area contributed by atoms with Gasteiger partial charge in [-0.1, -0.05) is 35.9 Å². The van der Waals surface area contributed by atoms with Gasteiger partial charge in [0.05, 0.1) is 17.4 Å². The van der Waals surface area contributed by atoms with Gasteiger partial charge in [0.2, 0.25) is 0 Å². The van der Waals surface area contributed by atoms with Crippen LogP contribution in [0.2, 0.25) is 5.15 Å². The van der Waals surface area contributed by atoms with Crippen LogP contribution in [0.25, 0.3) is 33.7 Å². The second-order valence-electron chi connectivity index (χ2n) is 6.49. The molecule has 2 aromatic carbocycles. The van der Waals surface area contributed by atoms with Gasteiger partial charge in [0.15, 0.2) is 0 Å². The van der Waals surface area contributed by atoms with E-state index in [9.17, 15) is 0 Å². The fourth-order valence-electron chi connectivity index (χ4n) is 3.12. The van der Waals surface area contributed by atoms with E-state index in [1.165, 1.54) is 0 Å². The molecule has 7 heteroatoms. The van der Waals surface area contributed by atoms with Crippen LogP contribution in [0, 0.1) is 0 Å². The van der Waals surface area contributed by atoms with Crippen LogP contribution in [0.3, 0.4) is 0 Å². The molecule has 2 N–H and O–H groups in total. The molecule has 5 rings (SSSR count). The van der Waals surface area contributed by atoms with E-state index in [0.717, 1.165) is 45.1 Å². The van der Waals surface area contributed by atoms with Crippen LogP contribution in [-0.2, 0) is 0 Å². The first kappa shape index (κ1) is 17.3. The second kappa shape index (κ2) is 7.33. The summed E-state index contributed by atoms with van der Waals surface area (Å²) >= 11 is 5.96. The van der Waals surface area contributed by atoms with Crippen molar-refractivity contribution in [1.82, 2.24) is 24.9 Å². The fourth-order valence-corrected chi connectivity index (χ4v) is 3.28. The molecule has 0 amide bonds. The second-order valence-corrected chi connectivity index (χ2v) is 6.87. The van der Waals surface area contributed by atoms with Crippen molar-refractivity contribution in [1.29, 1.82) is 0 Å². The van der Waals surface area contributed by atoms with Crippen molar-refractivity contribution in [3.8, 4) is 22.6 Å². The summed E-state index contributed by atoms with van der Waals surface area (Å²) in [7, 11) is 0. The SMILES string of the molecule is Clc1cc2[nH]c(-c3cccc(Nc4ccc(-c5ccncn5)cc4)c3)nc2cn1. The summed E-state index contributed by atoms with van der Waals surface area (Å²) in [4.78, 5) is 20.2. The number of halogens is 1. The Morgan fingerprint density at radius 1 is 0.862 bits per heavy atom. The Kier molecular flexibility index (Phi) is 4.38. The minimum atomic E-state index is 0.438. The van der Waals surface area contributed by atoms with Gasteiger partial charge in [-0.2, -0.15) is 0 Å². The van der Waals surface area contributed by atoms with Crippen LogP contribution < -0.4 is 5.32 Å². The summed E-state index contributed by atoms with van der Waals surface area (Å²) in [6.07, 6.45) is 4.95. The Balaban J connectivity index is 1.39. The maximum atomic E-state index is 5.96. The van der Waals surface area contributed by atoms with E-state index in [1.807, 2.05) is 54.6 Å². The van der Waals surface area contributed by atoms with Crippen molar-refractivity contribution in [2.24, 2.45) is 0 Å². The van der Waals surface area contributed by atoms with Crippen LogP contribution in [-0.4, -0.2) is 24.9 Å². The normalized spacial score (nSPS) is 10.9. The maximum Gasteiger partial charge on any atom is 0.138 e. The highest BCUT2D eigenvalue weighted by molar-refractivity contribution is 6.29. The molecule has 0 fully saturated rings. The molecule has 0 bridgehead atoms. The van der Waals surface area contributed by atoms with Crippen LogP contribution in [0.5, 0.6) is 0 Å². The van der Waals surface area contributed by atoms with Gasteiger partial charge in [-0.05, 0) is 30.3 Å². The number of H-pyrrole nitrogens is 1. The molecule has 29 heavy (non-hydrogen) atoms. The largest absolute Gasteiger partial charge is 0.356 e. The number of rotatable bonds is 4. The van der Waals surface area contributed by atoms with Gasteiger partial charge >= 0.3 is 0 Å². The Hall–Kier alpha value is -3.77. The molecule has 0 atom stereocenters. The molecule has 5 aromatic rings. The van der Waals surface area contributed by atoms with Gasteiger partial charge in [-0.3, -0.25) is 0 Å². The smallest absolute Gasteiger partial charge is 0.138 e. The lowest BCUT2D eigenvalue weighted by Gasteiger charge is -2.09. The van der Waals surface area contributed by atoms with Gasteiger partial charge in [0.1, 0.15) is 22.8 Å². The lowest BCUT2D eigenvalue weighted by Crippen LogP contribution is -1.91. The number of hydrogen-bond donors (Lipinski definition) is 2.